The molecule has 0 aliphatic heterocycles. The molecule has 3 rings (SSSR count). The summed E-state index contributed by atoms with van der Waals surface area (Å²) >= 11 is 7.44. The molecule has 0 radical (unpaired) electrons. The summed E-state index contributed by atoms with van der Waals surface area (Å²) < 4.78 is 5.51. The molecule has 0 fully saturated rings. The van der Waals surface area contributed by atoms with Crippen molar-refractivity contribution >= 4 is 40.9 Å². The summed E-state index contributed by atoms with van der Waals surface area (Å²) in [6, 6.07) is 14.4. The van der Waals surface area contributed by atoms with Crippen LogP contribution in [0.4, 0.5) is 5.69 Å². The zero-order chi connectivity index (χ0) is 21.5. The number of oxazole rings is 1. The van der Waals surface area contributed by atoms with Crippen molar-refractivity contribution in [1.82, 2.24) is 10.3 Å². The van der Waals surface area contributed by atoms with Gasteiger partial charge in [0.15, 0.2) is 0 Å². The summed E-state index contributed by atoms with van der Waals surface area (Å²) in [5, 5.41) is 6.03. The van der Waals surface area contributed by atoms with Gasteiger partial charge in [0, 0.05) is 22.4 Å². The Kier molecular flexibility index (Phi) is 7.54. The molecule has 30 heavy (non-hydrogen) atoms. The smallest absolute Gasteiger partial charge is 0.253 e. The van der Waals surface area contributed by atoms with E-state index in [4.69, 9.17) is 16.0 Å². The van der Waals surface area contributed by atoms with Crippen LogP contribution >= 0.6 is 23.4 Å². The lowest BCUT2D eigenvalue weighted by atomic mass is 10.1. The van der Waals surface area contributed by atoms with Crippen molar-refractivity contribution < 1.29 is 14.0 Å². The highest BCUT2D eigenvalue weighted by molar-refractivity contribution is 7.99. The number of halogens is 1. The average Bonchev–Trinajstić information content (AvgIpc) is 3.17. The molecule has 0 atom stereocenters. The lowest BCUT2D eigenvalue weighted by Crippen LogP contribution is -2.31. The first-order chi connectivity index (χ1) is 14.4. The van der Waals surface area contributed by atoms with Crippen LogP contribution in [0.25, 0.3) is 11.5 Å². The Morgan fingerprint density at radius 2 is 1.93 bits per heavy atom. The van der Waals surface area contributed by atoms with Gasteiger partial charge in [0.1, 0.15) is 6.26 Å². The normalized spacial score (nSPS) is 10.8. The van der Waals surface area contributed by atoms with E-state index >= 15 is 0 Å². The van der Waals surface area contributed by atoms with Gasteiger partial charge in [-0.2, -0.15) is 0 Å². The van der Waals surface area contributed by atoms with E-state index in [-0.39, 0.29) is 23.6 Å². The minimum absolute atomic E-state index is 0.0180. The van der Waals surface area contributed by atoms with Gasteiger partial charge in [-0.25, -0.2) is 4.98 Å². The van der Waals surface area contributed by atoms with E-state index in [1.165, 1.54) is 11.8 Å². The molecule has 0 unspecified atom stereocenters. The molecule has 8 heteroatoms. The Bertz CT molecular complexity index is 1020. The summed E-state index contributed by atoms with van der Waals surface area (Å²) in [6.45, 7) is 3.74. The molecule has 3 aromatic rings. The van der Waals surface area contributed by atoms with Gasteiger partial charge in [0.25, 0.3) is 5.91 Å². The number of aromatic nitrogens is 1. The van der Waals surface area contributed by atoms with Crippen LogP contribution in [0.1, 0.15) is 29.9 Å². The van der Waals surface area contributed by atoms with Crippen molar-refractivity contribution in [1.29, 1.82) is 0 Å². The van der Waals surface area contributed by atoms with Crippen LogP contribution in [0, 0.1) is 0 Å². The minimum Gasteiger partial charge on any atom is -0.444 e. The van der Waals surface area contributed by atoms with Crippen molar-refractivity contribution in [2.45, 2.75) is 25.6 Å². The number of hydrogen-bond acceptors (Lipinski definition) is 5. The molecule has 2 aromatic carbocycles. The van der Waals surface area contributed by atoms with Crippen LogP contribution in [0.15, 0.2) is 59.2 Å². The summed E-state index contributed by atoms with van der Waals surface area (Å²) in [5.74, 6) is 0.786. The van der Waals surface area contributed by atoms with Gasteiger partial charge < -0.3 is 15.1 Å². The highest BCUT2D eigenvalue weighted by atomic mass is 35.5. The van der Waals surface area contributed by atoms with Crippen LogP contribution < -0.4 is 10.6 Å². The summed E-state index contributed by atoms with van der Waals surface area (Å²) in [4.78, 5) is 29.2. The van der Waals surface area contributed by atoms with E-state index in [2.05, 4.69) is 15.6 Å². The van der Waals surface area contributed by atoms with Crippen LogP contribution in [0.2, 0.25) is 5.02 Å². The Morgan fingerprint density at radius 1 is 1.17 bits per heavy atom. The van der Waals surface area contributed by atoms with Crippen molar-refractivity contribution in [3.8, 4) is 11.5 Å². The number of amides is 2. The van der Waals surface area contributed by atoms with E-state index in [0.29, 0.717) is 27.9 Å². The maximum atomic E-state index is 12.4. The minimum atomic E-state index is -0.263. The van der Waals surface area contributed by atoms with E-state index in [9.17, 15) is 9.59 Å². The number of anilines is 1. The first-order valence-electron chi connectivity index (χ1n) is 9.40. The molecule has 0 aliphatic rings. The second kappa shape index (κ2) is 10.3. The van der Waals surface area contributed by atoms with Crippen LogP contribution in [-0.2, 0) is 10.5 Å². The number of carbonyl (C=O) groups is 2. The maximum Gasteiger partial charge on any atom is 0.253 e. The van der Waals surface area contributed by atoms with Crippen LogP contribution in [0.5, 0.6) is 0 Å². The third-order valence-corrected chi connectivity index (χ3v) is 5.18. The standard InChI is InChI=1S/C22H22ClN3O3S/c1-14(2)24-21(28)18-9-8-16(23)10-19(18)26-20(27)13-30-12-17-11-29-22(25-17)15-6-4-3-5-7-15/h3-11,14H,12-13H2,1-2H3,(H,24,28)(H,26,27). The van der Waals surface area contributed by atoms with Gasteiger partial charge in [0.2, 0.25) is 11.8 Å². The lowest BCUT2D eigenvalue weighted by Gasteiger charge is -2.13. The van der Waals surface area contributed by atoms with Crippen LogP contribution in [0.3, 0.4) is 0 Å². The SMILES string of the molecule is CC(C)NC(=O)c1ccc(Cl)cc1NC(=O)CSCc1coc(-c2ccccc2)n1. The molecule has 6 nitrogen and oxygen atoms in total. The van der Waals surface area contributed by atoms with Crippen LogP contribution in [-0.4, -0.2) is 28.6 Å². The Balaban J connectivity index is 1.56. The molecule has 0 saturated heterocycles. The number of carbonyl (C=O) groups excluding carboxylic acids is 2. The Labute approximate surface area is 184 Å². The second-order valence-electron chi connectivity index (χ2n) is 6.87. The summed E-state index contributed by atoms with van der Waals surface area (Å²) in [7, 11) is 0. The number of hydrogen-bond donors (Lipinski definition) is 2. The van der Waals surface area contributed by atoms with Gasteiger partial charge in [0.05, 0.1) is 22.7 Å². The number of nitrogens with one attached hydrogen (secondary N) is 2. The maximum absolute atomic E-state index is 12.4. The average molecular weight is 444 g/mol. The topological polar surface area (TPSA) is 84.2 Å². The van der Waals surface area contributed by atoms with Gasteiger partial charge in [-0.1, -0.05) is 29.8 Å². The third-order valence-electron chi connectivity index (χ3n) is 3.98. The van der Waals surface area contributed by atoms with E-state index in [1.807, 2.05) is 44.2 Å². The van der Waals surface area contributed by atoms with Gasteiger partial charge in [-0.3, -0.25) is 9.59 Å². The highest BCUT2D eigenvalue weighted by Gasteiger charge is 2.15. The Morgan fingerprint density at radius 3 is 2.67 bits per heavy atom. The zero-order valence-electron chi connectivity index (χ0n) is 16.6. The van der Waals surface area contributed by atoms with Crippen molar-refractivity contribution in [3.05, 3.63) is 71.1 Å². The van der Waals surface area contributed by atoms with Gasteiger partial charge >= 0.3 is 0 Å². The fourth-order valence-corrected chi connectivity index (χ4v) is 3.55. The predicted molar refractivity (Wildman–Crippen MR) is 121 cm³/mol. The van der Waals surface area contributed by atoms with Gasteiger partial charge in [-0.15, -0.1) is 11.8 Å². The molecular formula is C22H22ClN3O3S. The van der Waals surface area contributed by atoms with Crippen molar-refractivity contribution in [3.63, 3.8) is 0 Å². The molecule has 156 valence electrons. The van der Waals surface area contributed by atoms with E-state index in [1.54, 1.807) is 24.5 Å². The van der Waals surface area contributed by atoms with Gasteiger partial charge in [-0.05, 0) is 44.2 Å². The third kappa shape index (κ3) is 6.11. The highest BCUT2D eigenvalue weighted by Crippen LogP contribution is 2.23. The molecule has 2 amide bonds. The van der Waals surface area contributed by atoms with Crippen molar-refractivity contribution in [2.24, 2.45) is 0 Å². The first-order valence-corrected chi connectivity index (χ1v) is 10.9. The predicted octanol–water partition coefficient (Wildman–Crippen LogP) is 5.01. The second-order valence-corrected chi connectivity index (χ2v) is 8.29. The molecule has 0 aliphatic carbocycles. The number of thioether (sulfide) groups is 1. The number of nitrogens with zero attached hydrogens (tertiary/aromatic N) is 1. The molecule has 1 heterocycles. The molecule has 2 N–H and O–H groups in total. The Hall–Kier alpha value is -2.77. The zero-order valence-corrected chi connectivity index (χ0v) is 18.2. The molecule has 0 spiro atoms. The molecule has 0 saturated carbocycles. The van der Waals surface area contributed by atoms with E-state index < -0.39 is 0 Å². The lowest BCUT2D eigenvalue weighted by molar-refractivity contribution is -0.113. The first kappa shape index (κ1) is 21.9. The summed E-state index contributed by atoms with van der Waals surface area (Å²) in [6.07, 6.45) is 1.60. The molecule has 1 aromatic heterocycles. The van der Waals surface area contributed by atoms with E-state index in [0.717, 1.165) is 11.3 Å². The largest absolute Gasteiger partial charge is 0.444 e. The molecular weight excluding hydrogens is 422 g/mol. The summed E-state index contributed by atoms with van der Waals surface area (Å²) in [5.41, 5.74) is 2.42. The fraction of sp³-hybridized carbons (Fsp3) is 0.227. The number of rotatable bonds is 8. The van der Waals surface area contributed by atoms with Crippen molar-refractivity contribution in [2.75, 3.05) is 11.1 Å². The monoisotopic (exact) mass is 443 g/mol. The molecule has 0 bridgehead atoms. The fourth-order valence-electron chi connectivity index (χ4n) is 2.68. The quantitative estimate of drug-likeness (QED) is 0.511. The number of benzene rings is 2.